The van der Waals surface area contributed by atoms with Gasteiger partial charge in [-0.3, -0.25) is 4.99 Å². The summed E-state index contributed by atoms with van der Waals surface area (Å²) < 4.78 is 10.7. The molecule has 0 aromatic carbocycles. The monoisotopic (exact) mass is 419 g/mol. The van der Waals surface area contributed by atoms with E-state index in [-0.39, 0.29) is 6.09 Å². The topological polar surface area (TPSA) is 79.3 Å². The molecule has 1 aromatic heterocycles. The average molecular weight is 420 g/mol. The second-order valence-corrected chi connectivity index (χ2v) is 8.52. The highest BCUT2D eigenvalue weighted by Gasteiger charge is 2.27. The van der Waals surface area contributed by atoms with Crippen LogP contribution in [-0.2, 0) is 11.3 Å². The van der Waals surface area contributed by atoms with Crippen molar-refractivity contribution < 1.29 is 14.3 Å². The maximum Gasteiger partial charge on any atom is 0.410 e. The number of rotatable bonds is 6. The van der Waals surface area contributed by atoms with Crippen molar-refractivity contribution in [1.29, 1.82) is 0 Å². The summed E-state index contributed by atoms with van der Waals surface area (Å²) in [5.74, 6) is 1.94. The van der Waals surface area contributed by atoms with Crippen molar-refractivity contribution >= 4 is 12.1 Å². The number of hydrogen-bond acceptors (Lipinski definition) is 5. The summed E-state index contributed by atoms with van der Waals surface area (Å²) in [6, 6.07) is 5.73. The molecule has 0 unspecified atom stereocenters. The first-order valence-electron chi connectivity index (χ1n) is 10.7. The zero-order chi connectivity index (χ0) is 22.1. The Balaban J connectivity index is 1.83. The number of piperidine rings is 1. The van der Waals surface area contributed by atoms with Gasteiger partial charge in [-0.2, -0.15) is 0 Å². The summed E-state index contributed by atoms with van der Waals surface area (Å²) in [4.78, 5) is 25.3. The van der Waals surface area contributed by atoms with Crippen molar-refractivity contribution in [2.45, 2.75) is 52.7 Å². The first-order chi connectivity index (χ1) is 14.3. The molecule has 2 heterocycles. The van der Waals surface area contributed by atoms with Gasteiger partial charge < -0.3 is 24.6 Å². The van der Waals surface area contributed by atoms with E-state index in [4.69, 9.17) is 9.47 Å². The molecule has 0 atom stereocenters. The van der Waals surface area contributed by atoms with Crippen molar-refractivity contribution in [1.82, 2.24) is 20.1 Å². The number of ether oxygens (including phenoxy) is 2. The average Bonchev–Trinajstić information content (AvgIpc) is 2.72. The molecular weight excluding hydrogens is 382 g/mol. The fourth-order valence-corrected chi connectivity index (χ4v) is 3.47. The molecule has 1 N–H and O–H groups in total. The van der Waals surface area contributed by atoms with Gasteiger partial charge in [0.1, 0.15) is 5.60 Å². The molecule has 168 valence electrons. The number of likely N-dealkylation sites (tertiary alicyclic amines) is 1. The number of amides is 1. The zero-order valence-electron chi connectivity index (χ0n) is 19.3. The van der Waals surface area contributed by atoms with E-state index in [0.717, 1.165) is 44.1 Å². The third-order valence-electron chi connectivity index (χ3n) is 5.06. The Morgan fingerprint density at radius 3 is 2.60 bits per heavy atom. The number of nitrogens with one attached hydrogen (secondary N) is 1. The zero-order valence-corrected chi connectivity index (χ0v) is 19.3. The van der Waals surface area contributed by atoms with Crippen LogP contribution in [0.1, 0.15) is 46.2 Å². The van der Waals surface area contributed by atoms with Gasteiger partial charge in [0.05, 0.1) is 19.3 Å². The van der Waals surface area contributed by atoms with Gasteiger partial charge in [0, 0.05) is 39.3 Å². The fourth-order valence-electron chi connectivity index (χ4n) is 3.47. The van der Waals surface area contributed by atoms with E-state index in [0.29, 0.717) is 24.9 Å². The highest BCUT2D eigenvalue weighted by molar-refractivity contribution is 5.79. The molecule has 8 nitrogen and oxygen atoms in total. The number of methoxy groups -OCH3 is 1. The minimum absolute atomic E-state index is 0.226. The van der Waals surface area contributed by atoms with Crippen molar-refractivity contribution in [2.75, 3.05) is 40.3 Å². The molecule has 1 amide bonds. The molecule has 0 aliphatic carbocycles. The summed E-state index contributed by atoms with van der Waals surface area (Å²) in [6.45, 7) is 11.5. The number of aromatic nitrogens is 1. The standard InChI is InChI=1S/C22H37N5O3/c1-7-26(21(28)30-22(2,3)4)16-17-11-13-27(14-12-17)20(23-5)24-15-18-9-8-10-19(25-18)29-6/h8-10,17H,7,11-16H2,1-6H3,(H,23,24). The van der Waals surface area contributed by atoms with E-state index >= 15 is 0 Å². The number of guanidine groups is 1. The quantitative estimate of drug-likeness (QED) is 0.564. The number of pyridine rings is 1. The summed E-state index contributed by atoms with van der Waals surface area (Å²) in [7, 11) is 3.42. The van der Waals surface area contributed by atoms with Crippen molar-refractivity contribution in [2.24, 2.45) is 10.9 Å². The van der Waals surface area contributed by atoms with Crippen molar-refractivity contribution in [3.05, 3.63) is 23.9 Å². The molecule has 1 aromatic rings. The van der Waals surface area contributed by atoms with Crippen LogP contribution in [0.4, 0.5) is 4.79 Å². The Morgan fingerprint density at radius 2 is 2.03 bits per heavy atom. The number of aliphatic imine (C=N–C) groups is 1. The van der Waals surface area contributed by atoms with E-state index < -0.39 is 5.60 Å². The van der Waals surface area contributed by atoms with E-state index in [9.17, 15) is 4.79 Å². The van der Waals surface area contributed by atoms with Crippen LogP contribution in [0.15, 0.2) is 23.2 Å². The SMILES string of the molecule is CCN(CC1CCN(C(=NC)NCc2cccc(OC)n2)CC1)C(=O)OC(C)(C)C. The van der Waals surface area contributed by atoms with Gasteiger partial charge in [-0.05, 0) is 52.5 Å². The van der Waals surface area contributed by atoms with Crippen LogP contribution in [-0.4, -0.2) is 72.8 Å². The molecule has 0 bridgehead atoms. The van der Waals surface area contributed by atoms with Crippen LogP contribution in [0, 0.1) is 5.92 Å². The Bertz CT molecular complexity index is 709. The summed E-state index contributed by atoms with van der Waals surface area (Å²) in [6.07, 6.45) is 1.80. The molecule has 1 aliphatic rings. The van der Waals surface area contributed by atoms with E-state index in [1.54, 1.807) is 14.2 Å². The van der Waals surface area contributed by atoms with Crippen LogP contribution in [0.2, 0.25) is 0 Å². The molecule has 0 saturated carbocycles. The Morgan fingerprint density at radius 1 is 1.33 bits per heavy atom. The van der Waals surface area contributed by atoms with Gasteiger partial charge in [0.2, 0.25) is 5.88 Å². The van der Waals surface area contributed by atoms with Gasteiger partial charge in [-0.1, -0.05) is 6.07 Å². The van der Waals surface area contributed by atoms with Gasteiger partial charge >= 0.3 is 6.09 Å². The van der Waals surface area contributed by atoms with E-state index in [1.807, 2.05) is 50.8 Å². The largest absolute Gasteiger partial charge is 0.481 e. The van der Waals surface area contributed by atoms with Gasteiger partial charge in [-0.15, -0.1) is 0 Å². The molecule has 8 heteroatoms. The first kappa shape index (κ1) is 23.8. The first-order valence-corrected chi connectivity index (χ1v) is 10.7. The van der Waals surface area contributed by atoms with Crippen LogP contribution in [0.25, 0.3) is 0 Å². The number of carbonyl (C=O) groups excluding carboxylic acids is 1. The maximum atomic E-state index is 12.4. The predicted octanol–water partition coefficient (Wildman–Crippen LogP) is 3.13. The third kappa shape index (κ3) is 7.39. The van der Waals surface area contributed by atoms with Gasteiger partial charge in [0.15, 0.2) is 5.96 Å². The lowest BCUT2D eigenvalue weighted by atomic mass is 9.96. The second kappa shape index (κ2) is 11.0. The molecule has 1 fully saturated rings. The molecule has 0 spiro atoms. The third-order valence-corrected chi connectivity index (χ3v) is 5.06. The van der Waals surface area contributed by atoms with Crippen LogP contribution >= 0.6 is 0 Å². The molecular formula is C22H37N5O3. The minimum Gasteiger partial charge on any atom is -0.481 e. The van der Waals surface area contributed by atoms with E-state index in [2.05, 4.69) is 20.2 Å². The molecule has 2 rings (SSSR count). The van der Waals surface area contributed by atoms with Gasteiger partial charge in [0.25, 0.3) is 0 Å². The lowest BCUT2D eigenvalue weighted by Crippen LogP contribution is -2.47. The summed E-state index contributed by atoms with van der Waals surface area (Å²) in [5, 5.41) is 3.39. The number of nitrogens with zero attached hydrogens (tertiary/aromatic N) is 4. The van der Waals surface area contributed by atoms with Crippen LogP contribution in [0.3, 0.4) is 0 Å². The molecule has 0 radical (unpaired) electrons. The highest BCUT2D eigenvalue weighted by Crippen LogP contribution is 2.20. The normalized spacial score (nSPS) is 15.7. The summed E-state index contributed by atoms with van der Waals surface area (Å²) in [5.41, 5.74) is 0.435. The smallest absolute Gasteiger partial charge is 0.410 e. The summed E-state index contributed by atoms with van der Waals surface area (Å²) >= 11 is 0. The highest BCUT2D eigenvalue weighted by atomic mass is 16.6. The lowest BCUT2D eigenvalue weighted by Gasteiger charge is -2.36. The number of carbonyl (C=O) groups is 1. The van der Waals surface area contributed by atoms with Crippen molar-refractivity contribution in [3.63, 3.8) is 0 Å². The lowest BCUT2D eigenvalue weighted by molar-refractivity contribution is 0.0214. The Kier molecular flexibility index (Phi) is 8.74. The van der Waals surface area contributed by atoms with Gasteiger partial charge in [-0.25, -0.2) is 9.78 Å². The maximum absolute atomic E-state index is 12.4. The van der Waals surface area contributed by atoms with Crippen molar-refractivity contribution in [3.8, 4) is 5.88 Å². The van der Waals surface area contributed by atoms with Crippen LogP contribution in [0.5, 0.6) is 5.88 Å². The predicted molar refractivity (Wildman–Crippen MR) is 119 cm³/mol. The number of hydrogen-bond donors (Lipinski definition) is 1. The molecule has 30 heavy (non-hydrogen) atoms. The fraction of sp³-hybridized carbons (Fsp3) is 0.682. The Hall–Kier alpha value is -2.51. The molecule has 1 aliphatic heterocycles. The molecule has 1 saturated heterocycles. The second-order valence-electron chi connectivity index (χ2n) is 8.52. The van der Waals surface area contributed by atoms with Crippen LogP contribution < -0.4 is 10.1 Å². The van der Waals surface area contributed by atoms with E-state index in [1.165, 1.54) is 0 Å². The minimum atomic E-state index is -0.469. The Labute approximate surface area is 180 Å².